The first kappa shape index (κ1) is 20.5. The molecule has 31 heavy (non-hydrogen) atoms. The van der Waals surface area contributed by atoms with Crippen LogP contribution >= 0.6 is 11.6 Å². The predicted molar refractivity (Wildman–Crippen MR) is 112 cm³/mol. The molecular weight excluding hydrogens is 424 g/mol. The Morgan fingerprint density at radius 3 is 2.58 bits per heavy atom. The number of phenols is 1. The third kappa shape index (κ3) is 3.51. The Kier molecular flexibility index (Phi) is 5.16. The molecule has 1 aromatic heterocycles. The molecule has 9 heteroatoms. The van der Waals surface area contributed by atoms with Crippen LogP contribution in [0.1, 0.15) is 22.9 Å². The molecule has 2 N–H and O–H groups in total. The van der Waals surface area contributed by atoms with E-state index in [0.717, 1.165) is 4.90 Å². The van der Waals surface area contributed by atoms with Crippen LogP contribution in [0.15, 0.2) is 58.6 Å². The van der Waals surface area contributed by atoms with Gasteiger partial charge >= 0.3 is 5.91 Å². The van der Waals surface area contributed by atoms with Gasteiger partial charge in [-0.3, -0.25) is 14.5 Å². The average molecular weight is 441 g/mol. The van der Waals surface area contributed by atoms with Gasteiger partial charge in [0, 0.05) is 11.6 Å². The number of amides is 1. The highest BCUT2D eigenvalue weighted by Crippen LogP contribution is 2.43. The SMILES string of the molecule is COc1ccc(C(O)=C2C(=O)C(=O)N(c3cc(C)on3)C2c2cccc(O)c2)cc1Cl. The number of hydrogen-bond acceptors (Lipinski definition) is 7. The monoisotopic (exact) mass is 440 g/mol. The highest BCUT2D eigenvalue weighted by Gasteiger charge is 2.48. The third-order valence-corrected chi connectivity index (χ3v) is 5.21. The Balaban J connectivity index is 1.94. The average Bonchev–Trinajstić information content (AvgIpc) is 3.28. The zero-order valence-electron chi connectivity index (χ0n) is 16.5. The van der Waals surface area contributed by atoms with Crippen LogP contribution in [0.2, 0.25) is 5.02 Å². The molecule has 0 radical (unpaired) electrons. The lowest BCUT2D eigenvalue weighted by Crippen LogP contribution is -2.29. The summed E-state index contributed by atoms with van der Waals surface area (Å²) in [4.78, 5) is 27.1. The Labute approximate surface area is 181 Å². The number of hydrogen-bond donors (Lipinski definition) is 2. The Hall–Kier alpha value is -3.78. The number of carbonyl (C=O) groups excluding carboxylic acids is 2. The second-order valence-corrected chi connectivity index (χ2v) is 7.32. The summed E-state index contributed by atoms with van der Waals surface area (Å²) in [6.07, 6.45) is 0. The number of aliphatic hydroxyl groups is 1. The van der Waals surface area contributed by atoms with Crippen LogP contribution in [0.25, 0.3) is 5.76 Å². The second-order valence-electron chi connectivity index (χ2n) is 6.91. The van der Waals surface area contributed by atoms with Crippen molar-refractivity contribution in [3.63, 3.8) is 0 Å². The first-order valence-electron chi connectivity index (χ1n) is 9.19. The number of aryl methyl sites for hydroxylation is 1. The van der Waals surface area contributed by atoms with Gasteiger partial charge < -0.3 is 19.5 Å². The number of ketones is 1. The van der Waals surface area contributed by atoms with E-state index in [1.54, 1.807) is 19.1 Å². The molecule has 1 atom stereocenters. The molecule has 2 aromatic carbocycles. The van der Waals surface area contributed by atoms with Crippen LogP contribution < -0.4 is 9.64 Å². The van der Waals surface area contributed by atoms with Crippen molar-refractivity contribution in [3.8, 4) is 11.5 Å². The largest absolute Gasteiger partial charge is 0.508 e. The van der Waals surface area contributed by atoms with E-state index in [-0.39, 0.29) is 27.7 Å². The van der Waals surface area contributed by atoms with Crippen molar-refractivity contribution in [2.45, 2.75) is 13.0 Å². The van der Waals surface area contributed by atoms with Gasteiger partial charge in [0.2, 0.25) is 0 Å². The van der Waals surface area contributed by atoms with Gasteiger partial charge in [-0.1, -0.05) is 28.9 Å². The number of ether oxygens (including phenoxy) is 1. The lowest BCUT2D eigenvalue weighted by Gasteiger charge is -2.23. The molecule has 0 aliphatic carbocycles. The molecule has 8 nitrogen and oxygen atoms in total. The van der Waals surface area contributed by atoms with Crippen LogP contribution in [-0.4, -0.2) is 34.2 Å². The normalized spacial score (nSPS) is 17.9. The van der Waals surface area contributed by atoms with Gasteiger partial charge in [0.1, 0.15) is 23.0 Å². The zero-order chi connectivity index (χ0) is 22.3. The molecule has 1 aliphatic heterocycles. The number of anilines is 1. The van der Waals surface area contributed by atoms with E-state index in [9.17, 15) is 19.8 Å². The van der Waals surface area contributed by atoms with E-state index >= 15 is 0 Å². The van der Waals surface area contributed by atoms with E-state index in [0.29, 0.717) is 17.1 Å². The van der Waals surface area contributed by atoms with Gasteiger partial charge in [0.15, 0.2) is 5.82 Å². The molecule has 1 amide bonds. The summed E-state index contributed by atoms with van der Waals surface area (Å²) in [5, 5.41) is 25.1. The number of benzene rings is 2. The van der Waals surface area contributed by atoms with Crippen LogP contribution in [0.4, 0.5) is 5.82 Å². The van der Waals surface area contributed by atoms with Crippen LogP contribution in [0.3, 0.4) is 0 Å². The quantitative estimate of drug-likeness (QED) is 0.358. The number of phenolic OH excluding ortho intramolecular Hbond substituents is 1. The summed E-state index contributed by atoms with van der Waals surface area (Å²) in [7, 11) is 1.45. The number of nitrogens with zero attached hydrogens (tertiary/aromatic N) is 2. The third-order valence-electron chi connectivity index (χ3n) is 4.92. The summed E-state index contributed by atoms with van der Waals surface area (Å²) in [6, 6.07) is 11.0. The van der Waals surface area contributed by atoms with Crippen molar-refractivity contribution in [3.05, 3.63) is 76.0 Å². The van der Waals surface area contributed by atoms with Crippen molar-refractivity contribution >= 4 is 34.9 Å². The Morgan fingerprint density at radius 1 is 1.19 bits per heavy atom. The highest BCUT2D eigenvalue weighted by atomic mass is 35.5. The maximum Gasteiger partial charge on any atom is 0.301 e. The topological polar surface area (TPSA) is 113 Å². The van der Waals surface area contributed by atoms with Crippen LogP contribution in [0.5, 0.6) is 11.5 Å². The lowest BCUT2D eigenvalue weighted by atomic mass is 9.95. The van der Waals surface area contributed by atoms with Crippen molar-refractivity contribution in [2.75, 3.05) is 12.0 Å². The van der Waals surface area contributed by atoms with E-state index in [4.69, 9.17) is 20.9 Å². The lowest BCUT2D eigenvalue weighted by molar-refractivity contribution is -0.132. The highest BCUT2D eigenvalue weighted by molar-refractivity contribution is 6.51. The molecule has 158 valence electrons. The predicted octanol–water partition coefficient (Wildman–Crippen LogP) is 3.98. The first-order valence-corrected chi connectivity index (χ1v) is 9.56. The minimum Gasteiger partial charge on any atom is -0.508 e. The van der Waals surface area contributed by atoms with E-state index in [2.05, 4.69) is 5.16 Å². The molecule has 3 aromatic rings. The van der Waals surface area contributed by atoms with Crippen molar-refractivity contribution in [2.24, 2.45) is 0 Å². The molecule has 4 rings (SSSR count). The van der Waals surface area contributed by atoms with Gasteiger partial charge in [-0.15, -0.1) is 0 Å². The number of Topliss-reactive ketones (excluding diaryl/α,β-unsaturated/α-hetero) is 1. The first-order chi connectivity index (χ1) is 14.8. The maximum atomic E-state index is 13.0. The number of aliphatic hydroxyl groups excluding tert-OH is 1. The van der Waals surface area contributed by atoms with E-state index in [1.165, 1.54) is 43.5 Å². The number of aromatic hydroxyl groups is 1. The fourth-order valence-corrected chi connectivity index (χ4v) is 3.77. The fraction of sp³-hybridized carbons (Fsp3) is 0.136. The maximum absolute atomic E-state index is 13.0. The molecule has 2 heterocycles. The molecular formula is C22H17ClN2O6. The Bertz CT molecular complexity index is 1230. The van der Waals surface area contributed by atoms with Crippen LogP contribution in [0, 0.1) is 6.92 Å². The summed E-state index contributed by atoms with van der Waals surface area (Å²) >= 11 is 6.17. The minimum atomic E-state index is -1.04. The van der Waals surface area contributed by atoms with E-state index in [1.807, 2.05) is 0 Å². The van der Waals surface area contributed by atoms with Crippen molar-refractivity contribution < 1.29 is 29.1 Å². The molecule has 1 saturated heterocycles. The minimum absolute atomic E-state index is 0.0630. The summed E-state index contributed by atoms with van der Waals surface area (Å²) < 4.78 is 10.2. The standard InChI is InChI=1S/C22H17ClN2O6/c1-11-8-17(24-31-11)25-19(12-4-3-5-14(26)9-12)18(21(28)22(25)29)20(27)13-6-7-16(30-2)15(23)10-13/h3-10,19,26-27H,1-2H3. The van der Waals surface area contributed by atoms with Gasteiger partial charge in [0.05, 0.1) is 23.7 Å². The zero-order valence-corrected chi connectivity index (χ0v) is 17.3. The van der Waals surface area contributed by atoms with Gasteiger partial charge in [-0.05, 0) is 42.8 Å². The molecule has 0 saturated carbocycles. The molecule has 0 bridgehead atoms. The summed E-state index contributed by atoms with van der Waals surface area (Å²) in [5.41, 5.74) is 0.462. The molecule has 1 aliphatic rings. The fourth-order valence-electron chi connectivity index (χ4n) is 3.52. The van der Waals surface area contributed by atoms with Gasteiger partial charge in [-0.25, -0.2) is 0 Å². The molecule has 0 spiro atoms. The number of halogens is 1. The Morgan fingerprint density at radius 2 is 1.97 bits per heavy atom. The van der Waals surface area contributed by atoms with Crippen molar-refractivity contribution in [1.29, 1.82) is 0 Å². The summed E-state index contributed by atoms with van der Waals surface area (Å²) in [5.74, 6) is -1.33. The summed E-state index contributed by atoms with van der Waals surface area (Å²) in [6.45, 7) is 1.65. The van der Waals surface area contributed by atoms with Crippen LogP contribution in [-0.2, 0) is 9.59 Å². The smallest absolute Gasteiger partial charge is 0.301 e. The number of carbonyl (C=O) groups is 2. The van der Waals surface area contributed by atoms with Gasteiger partial charge in [-0.2, -0.15) is 0 Å². The second kappa shape index (κ2) is 7.81. The van der Waals surface area contributed by atoms with Gasteiger partial charge in [0.25, 0.3) is 5.78 Å². The number of aromatic nitrogens is 1. The molecule has 1 unspecified atom stereocenters. The number of rotatable bonds is 4. The number of methoxy groups -OCH3 is 1. The molecule has 1 fully saturated rings. The van der Waals surface area contributed by atoms with E-state index < -0.39 is 23.5 Å². The van der Waals surface area contributed by atoms with Crippen molar-refractivity contribution in [1.82, 2.24) is 5.16 Å².